The van der Waals surface area contributed by atoms with Gasteiger partial charge >= 0.3 is 12.0 Å². The first-order valence-electron chi connectivity index (χ1n) is 12.5. The number of carbonyl (C=O) groups excluding carboxylic acids is 3. The largest absolute Gasteiger partial charge is 0.472 e. The molecule has 200 valence electrons. The average Bonchev–Trinajstić information content (AvgIpc) is 3.38. The molecule has 4 rings (SSSR count). The molecule has 2 heterocycles. The zero-order chi connectivity index (χ0) is 26.2. The summed E-state index contributed by atoms with van der Waals surface area (Å²) >= 11 is 0.890. The van der Waals surface area contributed by atoms with Crippen LogP contribution in [0.15, 0.2) is 18.2 Å². The van der Waals surface area contributed by atoms with E-state index in [1.165, 1.54) is 38.2 Å². The molecule has 1 aliphatic carbocycles. The quantitative estimate of drug-likeness (QED) is 0.282. The van der Waals surface area contributed by atoms with Crippen LogP contribution in [0.2, 0.25) is 0 Å². The molecule has 12 heteroatoms. The molecule has 1 aromatic heterocycles. The third-order valence-electron chi connectivity index (χ3n) is 6.23. The number of methoxy groups -OCH3 is 1. The minimum Gasteiger partial charge on any atom is -0.472 e. The van der Waals surface area contributed by atoms with Crippen LogP contribution in [0.4, 0.5) is 14.2 Å². The standard InChI is InChI=1S/C25H32FN5O5S/c1-35-24(33)20-22(36-15-16-6-9-19(26)18(14-16)21(32)28-17-7-8-17)30-37-23(20)29-25(34)27-10-2-3-11-31-12-4-5-13-31/h6,9,14,17H,2-5,7-8,10-13,15H2,1H3,(H,28,32)(H2,27,29,34). The van der Waals surface area contributed by atoms with Gasteiger partial charge in [0.05, 0.1) is 12.7 Å². The van der Waals surface area contributed by atoms with Gasteiger partial charge in [-0.1, -0.05) is 6.07 Å². The van der Waals surface area contributed by atoms with Crippen molar-refractivity contribution < 1.29 is 28.2 Å². The molecule has 2 fully saturated rings. The molecule has 0 unspecified atom stereocenters. The highest BCUT2D eigenvalue weighted by Gasteiger charge is 2.26. The molecule has 3 amide bonds. The van der Waals surface area contributed by atoms with Crippen LogP contribution in [-0.2, 0) is 11.3 Å². The van der Waals surface area contributed by atoms with Gasteiger partial charge in [-0.15, -0.1) is 0 Å². The molecule has 0 spiro atoms. The summed E-state index contributed by atoms with van der Waals surface area (Å²) in [7, 11) is 1.22. The maximum absolute atomic E-state index is 14.2. The normalized spacial score (nSPS) is 15.3. The second kappa shape index (κ2) is 12.8. The Morgan fingerprint density at radius 2 is 1.97 bits per heavy atom. The number of likely N-dealkylation sites (tertiary alicyclic amines) is 1. The van der Waals surface area contributed by atoms with Gasteiger partial charge in [0.15, 0.2) is 5.56 Å². The second-order valence-electron chi connectivity index (χ2n) is 9.17. The van der Waals surface area contributed by atoms with Gasteiger partial charge in [0.2, 0.25) is 5.88 Å². The van der Waals surface area contributed by atoms with E-state index in [1.54, 1.807) is 0 Å². The van der Waals surface area contributed by atoms with E-state index >= 15 is 0 Å². The maximum atomic E-state index is 14.2. The Morgan fingerprint density at radius 1 is 1.19 bits per heavy atom. The van der Waals surface area contributed by atoms with E-state index < -0.39 is 23.7 Å². The van der Waals surface area contributed by atoms with Crippen molar-refractivity contribution in [2.75, 3.05) is 38.6 Å². The number of aromatic nitrogens is 1. The van der Waals surface area contributed by atoms with E-state index in [9.17, 15) is 18.8 Å². The Balaban J connectivity index is 1.31. The number of benzene rings is 1. The van der Waals surface area contributed by atoms with Gasteiger partial charge in [0.1, 0.15) is 17.4 Å². The Kier molecular flexibility index (Phi) is 9.29. The third kappa shape index (κ3) is 7.62. The summed E-state index contributed by atoms with van der Waals surface area (Å²) in [6, 6.07) is 3.75. The number of nitrogens with zero attached hydrogens (tertiary/aromatic N) is 2. The Hall–Kier alpha value is -3.25. The number of unbranched alkanes of at least 4 members (excludes halogenated alkanes) is 1. The highest BCUT2D eigenvalue weighted by Crippen LogP contribution is 2.32. The van der Waals surface area contributed by atoms with Gasteiger partial charge in [-0.05, 0) is 87.4 Å². The van der Waals surface area contributed by atoms with Crippen LogP contribution in [0.3, 0.4) is 0 Å². The van der Waals surface area contributed by atoms with E-state index in [0.29, 0.717) is 12.1 Å². The van der Waals surface area contributed by atoms with Crippen molar-refractivity contribution in [3.8, 4) is 5.88 Å². The van der Waals surface area contributed by atoms with Crippen molar-refractivity contribution in [2.45, 2.75) is 51.2 Å². The molecular formula is C25H32FN5O5S. The molecule has 10 nitrogen and oxygen atoms in total. The molecule has 0 atom stereocenters. The van der Waals surface area contributed by atoms with Crippen molar-refractivity contribution in [1.82, 2.24) is 19.9 Å². The van der Waals surface area contributed by atoms with Crippen LogP contribution < -0.4 is 20.7 Å². The SMILES string of the molecule is COC(=O)c1c(OCc2ccc(F)c(C(=O)NC3CC3)c2)nsc1NC(=O)NCCCCN1CCCC1. The third-order valence-corrected chi connectivity index (χ3v) is 6.97. The van der Waals surface area contributed by atoms with E-state index in [2.05, 4.69) is 25.2 Å². The molecular weight excluding hydrogens is 501 g/mol. The van der Waals surface area contributed by atoms with Gasteiger partial charge in [0, 0.05) is 12.6 Å². The van der Waals surface area contributed by atoms with E-state index in [0.717, 1.165) is 56.9 Å². The zero-order valence-electron chi connectivity index (χ0n) is 20.8. The predicted octanol–water partition coefficient (Wildman–Crippen LogP) is 3.54. The number of nitrogens with one attached hydrogen (secondary N) is 3. The molecule has 0 radical (unpaired) electrons. The summed E-state index contributed by atoms with van der Waals surface area (Å²) in [5.74, 6) is -1.84. The summed E-state index contributed by atoms with van der Waals surface area (Å²) in [4.78, 5) is 39.5. The van der Waals surface area contributed by atoms with Crippen LogP contribution in [-0.4, -0.2) is 66.5 Å². The average molecular weight is 534 g/mol. The van der Waals surface area contributed by atoms with E-state index in [1.807, 2.05) is 0 Å². The Bertz CT molecular complexity index is 1120. The van der Waals surface area contributed by atoms with Gasteiger partial charge < -0.3 is 25.0 Å². The summed E-state index contributed by atoms with van der Waals surface area (Å²) in [6.45, 7) is 3.78. The minimum absolute atomic E-state index is 0.00880. The first kappa shape index (κ1) is 26.8. The number of ether oxygens (including phenoxy) is 2. The zero-order valence-corrected chi connectivity index (χ0v) is 21.6. The monoisotopic (exact) mass is 533 g/mol. The molecule has 37 heavy (non-hydrogen) atoms. The molecule has 2 aromatic rings. The van der Waals surface area contributed by atoms with Crippen molar-refractivity contribution in [2.24, 2.45) is 0 Å². The molecule has 1 aliphatic heterocycles. The van der Waals surface area contributed by atoms with Crippen LogP contribution >= 0.6 is 11.5 Å². The number of hydrogen-bond acceptors (Lipinski definition) is 8. The highest BCUT2D eigenvalue weighted by atomic mass is 32.1. The number of carbonyl (C=O) groups is 3. The number of rotatable bonds is 12. The first-order chi connectivity index (χ1) is 17.9. The van der Waals surface area contributed by atoms with Gasteiger partial charge in [-0.25, -0.2) is 14.0 Å². The molecule has 2 aliphatic rings. The number of anilines is 1. The van der Waals surface area contributed by atoms with Crippen molar-refractivity contribution in [1.29, 1.82) is 0 Å². The van der Waals surface area contributed by atoms with Crippen LogP contribution in [0, 0.1) is 5.82 Å². The lowest BCUT2D eigenvalue weighted by Gasteiger charge is -2.14. The van der Waals surface area contributed by atoms with Crippen LogP contribution in [0.1, 0.15) is 64.8 Å². The summed E-state index contributed by atoms with van der Waals surface area (Å²) in [6.07, 6.45) is 6.15. The molecule has 0 bridgehead atoms. The fourth-order valence-electron chi connectivity index (χ4n) is 4.04. The van der Waals surface area contributed by atoms with Gasteiger partial charge in [-0.3, -0.25) is 10.1 Å². The van der Waals surface area contributed by atoms with Crippen molar-refractivity contribution in [3.05, 3.63) is 40.7 Å². The molecule has 1 saturated carbocycles. The summed E-state index contributed by atoms with van der Waals surface area (Å²) in [5.41, 5.74) is 0.441. The van der Waals surface area contributed by atoms with Gasteiger partial charge in [0.25, 0.3) is 5.91 Å². The smallest absolute Gasteiger partial charge is 0.346 e. The number of urea groups is 1. The van der Waals surface area contributed by atoms with Crippen LogP contribution in [0.5, 0.6) is 5.88 Å². The lowest BCUT2D eigenvalue weighted by atomic mass is 10.1. The number of esters is 1. The van der Waals surface area contributed by atoms with Crippen LogP contribution in [0.25, 0.3) is 0 Å². The number of hydrogen-bond donors (Lipinski definition) is 3. The molecule has 3 N–H and O–H groups in total. The lowest BCUT2D eigenvalue weighted by molar-refractivity contribution is 0.0596. The maximum Gasteiger partial charge on any atom is 0.346 e. The highest BCUT2D eigenvalue weighted by molar-refractivity contribution is 7.11. The first-order valence-corrected chi connectivity index (χ1v) is 13.3. The fourth-order valence-corrected chi connectivity index (χ4v) is 4.75. The Morgan fingerprint density at radius 3 is 2.70 bits per heavy atom. The predicted molar refractivity (Wildman–Crippen MR) is 137 cm³/mol. The summed E-state index contributed by atoms with van der Waals surface area (Å²) < 4.78 is 28.9. The topological polar surface area (TPSA) is 122 Å². The van der Waals surface area contributed by atoms with E-state index in [4.69, 9.17) is 9.47 Å². The summed E-state index contributed by atoms with van der Waals surface area (Å²) in [5, 5.41) is 8.39. The second-order valence-corrected chi connectivity index (χ2v) is 9.94. The van der Waals surface area contributed by atoms with Crippen molar-refractivity contribution >= 4 is 34.4 Å². The van der Waals surface area contributed by atoms with Crippen molar-refractivity contribution in [3.63, 3.8) is 0 Å². The van der Waals surface area contributed by atoms with Gasteiger partial charge in [-0.2, -0.15) is 4.37 Å². The van der Waals surface area contributed by atoms with E-state index in [-0.39, 0.29) is 34.7 Å². The number of amides is 3. The lowest BCUT2D eigenvalue weighted by Crippen LogP contribution is -2.30. The minimum atomic E-state index is -0.715. The molecule has 1 saturated heterocycles. The Labute approximate surface area is 219 Å². The fraction of sp³-hybridized carbons (Fsp3) is 0.520. The molecule has 1 aromatic carbocycles. The number of halogens is 1.